The second-order valence-corrected chi connectivity index (χ2v) is 7.32. The molecule has 0 aliphatic carbocycles. The first-order valence-corrected chi connectivity index (χ1v) is 6.30. The lowest BCUT2D eigenvalue weighted by Crippen LogP contribution is -2.10. The van der Waals surface area contributed by atoms with E-state index in [0.717, 1.165) is 25.7 Å². The van der Waals surface area contributed by atoms with Crippen LogP contribution in [0.5, 0.6) is 0 Å². The van der Waals surface area contributed by atoms with Gasteiger partial charge in [-0.25, -0.2) is 0 Å². The molecule has 0 nitrogen and oxygen atoms in total. The van der Waals surface area contributed by atoms with Crippen molar-refractivity contribution >= 4 is 31.9 Å². The monoisotopic (exact) mass is 308 g/mol. The number of alkyl halides is 2. The Labute approximate surface area is 98.7 Å². The van der Waals surface area contributed by atoms with Gasteiger partial charge in [0, 0.05) is 0 Å². The standard InChI is InChI=1S/C11H18Br2/c1-3-5-7-9-11(12,13)10-8-6-4-2/h3-4H,1-2,5-10H2. The maximum atomic E-state index is 3.71. The Morgan fingerprint density at radius 3 is 1.62 bits per heavy atom. The molecule has 0 aliphatic heterocycles. The number of allylic oxidation sites excluding steroid dienone is 2. The van der Waals surface area contributed by atoms with E-state index in [-0.39, 0.29) is 3.23 Å². The van der Waals surface area contributed by atoms with Crippen LogP contribution in [0.4, 0.5) is 0 Å². The first-order chi connectivity index (χ1) is 6.12. The lowest BCUT2D eigenvalue weighted by molar-refractivity contribution is 0.619. The van der Waals surface area contributed by atoms with Gasteiger partial charge in [-0.3, -0.25) is 0 Å². The van der Waals surface area contributed by atoms with E-state index in [1.165, 1.54) is 12.8 Å². The summed E-state index contributed by atoms with van der Waals surface area (Å²) in [6.07, 6.45) is 10.8. The van der Waals surface area contributed by atoms with Crippen LogP contribution in [0.15, 0.2) is 25.3 Å². The third kappa shape index (κ3) is 8.76. The Morgan fingerprint density at radius 2 is 1.31 bits per heavy atom. The second kappa shape index (κ2) is 7.81. The third-order valence-corrected chi connectivity index (χ3v) is 3.49. The molecular formula is C11H18Br2. The Balaban J connectivity index is 3.52. The molecule has 0 radical (unpaired) electrons. The van der Waals surface area contributed by atoms with Gasteiger partial charge >= 0.3 is 0 Å². The van der Waals surface area contributed by atoms with Gasteiger partial charge in [-0.05, 0) is 38.5 Å². The van der Waals surface area contributed by atoms with Crippen molar-refractivity contribution in [3.05, 3.63) is 25.3 Å². The van der Waals surface area contributed by atoms with Gasteiger partial charge in [0.05, 0.1) is 3.23 Å². The predicted octanol–water partition coefficient (Wildman–Crippen LogP) is 5.19. The maximum Gasteiger partial charge on any atom is 0.0805 e. The van der Waals surface area contributed by atoms with E-state index in [9.17, 15) is 0 Å². The van der Waals surface area contributed by atoms with Crippen molar-refractivity contribution < 1.29 is 0 Å². The number of unbranched alkanes of at least 4 members (excludes halogenated alkanes) is 2. The fraction of sp³-hybridized carbons (Fsp3) is 0.636. The lowest BCUT2D eigenvalue weighted by Gasteiger charge is -2.19. The summed E-state index contributed by atoms with van der Waals surface area (Å²) in [7, 11) is 0. The van der Waals surface area contributed by atoms with E-state index in [2.05, 4.69) is 45.0 Å². The van der Waals surface area contributed by atoms with Crippen molar-refractivity contribution in [2.24, 2.45) is 0 Å². The molecule has 76 valence electrons. The van der Waals surface area contributed by atoms with Crippen molar-refractivity contribution in [2.45, 2.75) is 41.8 Å². The molecule has 0 aromatic heterocycles. The summed E-state index contributed by atoms with van der Waals surface area (Å²) in [6, 6.07) is 0. The molecule has 13 heavy (non-hydrogen) atoms. The Hall–Kier alpha value is 0.440. The van der Waals surface area contributed by atoms with E-state index < -0.39 is 0 Å². The van der Waals surface area contributed by atoms with Gasteiger partial charge in [-0.15, -0.1) is 13.2 Å². The number of rotatable bonds is 8. The minimum Gasteiger partial charge on any atom is -0.103 e. The molecule has 0 aliphatic rings. The lowest BCUT2D eigenvalue weighted by atomic mass is 10.1. The quantitative estimate of drug-likeness (QED) is 0.329. The van der Waals surface area contributed by atoms with Gasteiger partial charge in [0.1, 0.15) is 0 Å². The summed E-state index contributed by atoms with van der Waals surface area (Å²) in [5.41, 5.74) is 0. The Morgan fingerprint density at radius 1 is 0.923 bits per heavy atom. The van der Waals surface area contributed by atoms with Crippen LogP contribution in [0, 0.1) is 0 Å². The van der Waals surface area contributed by atoms with Crippen LogP contribution in [0.1, 0.15) is 38.5 Å². The molecule has 0 heterocycles. The molecule has 0 rings (SSSR count). The highest BCUT2D eigenvalue weighted by Crippen LogP contribution is 2.37. The highest BCUT2D eigenvalue weighted by atomic mass is 79.9. The van der Waals surface area contributed by atoms with Gasteiger partial charge in [0.15, 0.2) is 0 Å². The van der Waals surface area contributed by atoms with Crippen LogP contribution in [-0.2, 0) is 0 Å². The summed E-state index contributed by atoms with van der Waals surface area (Å²) >= 11 is 7.38. The van der Waals surface area contributed by atoms with E-state index in [4.69, 9.17) is 0 Å². The molecule has 0 saturated carbocycles. The van der Waals surface area contributed by atoms with Crippen LogP contribution >= 0.6 is 31.9 Å². The average molecular weight is 310 g/mol. The van der Waals surface area contributed by atoms with E-state index >= 15 is 0 Å². The Kier molecular flexibility index (Phi) is 8.07. The molecule has 0 amide bonds. The zero-order valence-corrected chi connectivity index (χ0v) is 11.2. The molecule has 0 aromatic carbocycles. The van der Waals surface area contributed by atoms with Gasteiger partial charge in [-0.1, -0.05) is 44.0 Å². The third-order valence-electron chi connectivity index (χ3n) is 1.90. The normalized spacial score (nSPS) is 11.2. The predicted molar refractivity (Wildman–Crippen MR) is 68.7 cm³/mol. The molecule has 0 atom stereocenters. The highest BCUT2D eigenvalue weighted by Gasteiger charge is 2.20. The largest absolute Gasteiger partial charge is 0.103 e. The van der Waals surface area contributed by atoms with Crippen LogP contribution in [-0.4, -0.2) is 3.23 Å². The van der Waals surface area contributed by atoms with E-state index in [1.54, 1.807) is 0 Å². The first-order valence-electron chi connectivity index (χ1n) is 4.72. The molecule has 0 spiro atoms. The van der Waals surface area contributed by atoms with Crippen LogP contribution in [0.25, 0.3) is 0 Å². The summed E-state index contributed by atoms with van der Waals surface area (Å²) < 4.78 is 0.131. The molecule has 0 saturated heterocycles. The smallest absolute Gasteiger partial charge is 0.0805 e. The molecule has 0 bridgehead atoms. The molecule has 0 N–H and O–H groups in total. The van der Waals surface area contributed by atoms with Crippen molar-refractivity contribution in [2.75, 3.05) is 0 Å². The average Bonchev–Trinajstić information content (AvgIpc) is 2.05. The molecule has 0 unspecified atom stereocenters. The highest BCUT2D eigenvalue weighted by molar-refractivity contribution is 9.25. The van der Waals surface area contributed by atoms with Crippen molar-refractivity contribution in [1.82, 2.24) is 0 Å². The maximum absolute atomic E-state index is 3.71. The minimum absolute atomic E-state index is 0.131. The van der Waals surface area contributed by atoms with Crippen molar-refractivity contribution in [3.63, 3.8) is 0 Å². The second-order valence-electron chi connectivity index (χ2n) is 3.22. The zero-order valence-electron chi connectivity index (χ0n) is 8.07. The van der Waals surface area contributed by atoms with Crippen LogP contribution in [0.2, 0.25) is 0 Å². The Bertz CT molecular complexity index is 134. The summed E-state index contributed by atoms with van der Waals surface area (Å²) in [6.45, 7) is 7.42. The summed E-state index contributed by atoms with van der Waals surface area (Å²) in [4.78, 5) is 0. The van der Waals surface area contributed by atoms with Gasteiger partial charge in [-0.2, -0.15) is 0 Å². The van der Waals surface area contributed by atoms with Crippen molar-refractivity contribution in [1.29, 1.82) is 0 Å². The first kappa shape index (κ1) is 13.4. The van der Waals surface area contributed by atoms with E-state index in [0.29, 0.717) is 0 Å². The molecule has 0 aromatic rings. The fourth-order valence-electron chi connectivity index (χ4n) is 1.14. The van der Waals surface area contributed by atoms with Gasteiger partial charge in [0.25, 0.3) is 0 Å². The minimum atomic E-state index is 0.131. The van der Waals surface area contributed by atoms with E-state index in [1.807, 2.05) is 12.2 Å². The zero-order chi connectivity index (χ0) is 10.2. The SMILES string of the molecule is C=CCCCC(Br)(Br)CCCC=C. The fourth-order valence-corrected chi connectivity index (χ4v) is 2.26. The van der Waals surface area contributed by atoms with Gasteiger partial charge in [0.2, 0.25) is 0 Å². The number of hydrogen-bond donors (Lipinski definition) is 0. The molecule has 2 heteroatoms. The number of halogens is 2. The summed E-state index contributed by atoms with van der Waals surface area (Å²) in [5.74, 6) is 0. The topological polar surface area (TPSA) is 0 Å². The van der Waals surface area contributed by atoms with Gasteiger partial charge < -0.3 is 0 Å². The van der Waals surface area contributed by atoms with Crippen molar-refractivity contribution in [3.8, 4) is 0 Å². The molecule has 0 fully saturated rings. The van der Waals surface area contributed by atoms with Crippen LogP contribution < -0.4 is 0 Å². The molecular weight excluding hydrogens is 292 g/mol. The number of hydrogen-bond acceptors (Lipinski definition) is 0. The van der Waals surface area contributed by atoms with Crippen LogP contribution in [0.3, 0.4) is 0 Å². The summed E-state index contributed by atoms with van der Waals surface area (Å²) in [5, 5.41) is 0.